The van der Waals surface area contributed by atoms with Crippen molar-refractivity contribution in [2.24, 2.45) is 4.99 Å². The third-order valence-electron chi connectivity index (χ3n) is 4.36. The molecule has 0 fully saturated rings. The van der Waals surface area contributed by atoms with Gasteiger partial charge in [-0.1, -0.05) is 54.6 Å². The number of aliphatic hydroxyl groups is 1. The summed E-state index contributed by atoms with van der Waals surface area (Å²) in [5.74, 6) is 0.684. The third kappa shape index (κ3) is 2.77. The highest BCUT2D eigenvalue weighted by atomic mass is 16.3. The SMILES string of the molecule is CN1C(=Nc2ccccc2)N(c2ccccc2)C(O)c2ccccc21. The molecule has 25 heavy (non-hydrogen) atoms. The lowest BCUT2D eigenvalue weighted by atomic mass is 10.1. The van der Waals surface area contributed by atoms with Gasteiger partial charge in [-0.15, -0.1) is 0 Å². The van der Waals surface area contributed by atoms with Gasteiger partial charge in [-0.2, -0.15) is 0 Å². The van der Waals surface area contributed by atoms with Crippen molar-refractivity contribution in [3.8, 4) is 0 Å². The van der Waals surface area contributed by atoms with Crippen LogP contribution in [0.1, 0.15) is 11.8 Å². The lowest BCUT2D eigenvalue weighted by molar-refractivity contribution is 0.185. The van der Waals surface area contributed by atoms with E-state index in [1.54, 1.807) is 0 Å². The Bertz CT molecular complexity index is 893. The molecular weight excluding hydrogens is 310 g/mol. The van der Waals surface area contributed by atoms with E-state index >= 15 is 0 Å². The zero-order valence-corrected chi connectivity index (χ0v) is 13.9. The van der Waals surface area contributed by atoms with E-state index in [9.17, 15) is 5.11 Å². The minimum atomic E-state index is -0.794. The van der Waals surface area contributed by atoms with Crippen LogP contribution in [0.2, 0.25) is 0 Å². The Morgan fingerprint density at radius 3 is 2.12 bits per heavy atom. The molecule has 1 N–H and O–H groups in total. The van der Waals surface area contributed by atoms with Crippen LogP contribution in [-0.2, 0) is 0 Å². The van der Waals surface area contributed by atoms with Crippen LogP contribution in [0.4, 0.5) is 17.1 Å². The number of hydrogen-bond donors (Lipinski definition) is 1. The number of guanidine groups is 1. The quantitative estimate of drug-likeness (QED) is 0.761. The van der Waals surface area contributed by atoms with Gasteiger partial charge in [0.1, 0.15) is 0 Å². The number of benzene rings is 3. The molecular formula is C21H19N3O. The molecule has 124 valence electrons. The minimum absolute atomic E-state index is 0.684. The maximum absolute atomic E-state index is 11.1. The fraction of sp³-hybridized carbons (Fsp3) is 0.0952. The van der Waals surface area contributed by atoms with Crippen molar-refractivity contribution in [1.82, 2.24) is 0 Å². The Hall–Kier alpha value is -3.11. The van der Waals surface area contributed by atoms with E-state index < -0.39 is 6.23 Å². The van der Waals surface area contributed by atoms with Crippen LogP contribution in [0.3, 0.4) is 0 Å². The zero-order chi connectivity index (χ0) is 17.2. The molecule has 0 saturated carbocycles. The van der Waals surface area contributed by atoms with E-state index in [0.29, 0.717) is 5.96 Å². The van der Waals surface area contributed by atoms with Crippen molar-refractivity contribution < 1.29 is 5.11 Å². The van der Waals surface area contributed by atoms with Gasteiger partial charge >= 0.3 is 0 Å². The molecule has 1 unspecified atom stereocenters. The number of aliphatic imine (C=N–C) groups is 1. The molecule has 1 heterocycles. The third-order valence-corrected chi connectivity index (χ3v) is 4.36. The summed E-state index contributed by atoms with van der Waals surface area (Å²) in [4.78, 5) is 8.69. The van der Waals surface area contributed by atoms with E-state index in [-0.39, 0.29) is 0 Å². The van der Waals surface area contributed by atoms with Gasteiger partial charge in [-0.3, -0.25) is 4.90 Å². The second-order valence-electron chi connectivity index (χ2n) is 5.94. The van der Waals surface area contributed by atoms with E-state index in [1.165, 1.54) is 0 Å². The molecule has 4 nitrogen and oxygen atoms in total. The Balaban J connectivity index is 1.90. The van der Waals surface area contributed by atoms with Crippen LogP contribution in [0.25, 0.3) is 0 Å². The average molecular weight is 329 g/mol. The number of aliphatic hydroxyl groups excluding tert-OH is 1. The van der Waals surface area contributed by atoms with Gasteiger partial charge in [0.2, 0.25) is 5.96 Å². The van der Waals surface area contributed by atoms with Crippen LogP contribution in [0, 0.1) is 0 Å². The standard InChI is InChI=1S/C21H19N3O/c1-23-19-15-9-8-14-18(19)20(25)24(17-12-6-3-7-13-17)21(23)22-16-10-4-2-5-11-16/h2-15,20,25H,1H3. The predicted molar refractivity (Wildman–Crippen MR) is 102 cm³/mol. The average Bonchev–Trinajstić information content (AvgIpc) is 2.68. The molecule has 4 rings (SSSR count). The van der Waals surface area contributed by atoms with Crippen LogP contribution in [-0.4, -0.2) is 18.1 Å². The number of rotatable bonds is 2. The highest BCUT2D eigenvalue weighted by Gasteiger charge is 2.34. The summed E-state index contributed by atoms with van der Waals surface area (Å²) in [6.45, 7) is 0. The normalized spacial score (nSPS) is 18.3. The van der Waals surface area contributed by atoms with Crippen molar-refractivity contribution in [2.45, 2.75) is 6.23 Å². The zero-order valence-electron chi connectivity index (χ0n) is 13.9. The van der Waals surface area contributed by atoms with Gasteiger partial charge in [0.25, 0.3) is 0 Å². The molecule has 0 aliphatic carbocycles. The Kier molecular flexibility index (Phi) is 3.96. The lowest BCUT2D eigenvalue weighted by Crippen LogP contribution is -2.49. The molecule has 0 aromatic heterocycles. The Labute approximate surface area is 147 Å². The second kappa shape index (κ2) is 6.42. The summed E-state index contributed by atoms with van der Waals surface area (Å²) >= 11 is 0. The smallest absolute Gasteiger partial charge is 0.213 e. The Morgan fingerprint density at radius 2 is 1.40 bits per heavy atom. The molecule has 0 bridgehead atoms. The van der Waals surface area contributed by atoms with Crippen LogP contribution >= 0.6 is 0 Å². The molecule has 4 heteroatoms. The molecule has 0 amide bonds. The summed E-state index contributed by atoms with van der Waals surface area (Å²) in [5, 5.41) is 11.1. The molecule has 1 aliphatic heterocycles. The van der Waals surface area contributed by atoms with Crippen molar-refractivity contribution >= 4 is 23.0 Å². The molecule has 1 atom stereocenters. The molecule has 1 aliphatic rings. The fourth-order valence-corrected chi connectivity index (χ4v) is 3.12. The molecule has 0 spiro atoms. The first-order chi connectivity index (χ1) is 12.3. The van der Waals surface area contributed by atoms with Crippen LogP contribution in [0.5, 0.6) is 0 Å². The molecule has 3 aromatic carbocycles. The number of nitrogens with zero attached hydrogens (tertiary/aromatic N) is 3. The van der Waals surface area contributed by atoms with E-state index in [0.717, 1.165) is 22.6 Å². The van der Waals surface area contributed by atoms with Crippen molar-refractivity contribution in [3.05, 3.63) is 90.5 Å². The van der Waals surface area contributed by atoms with E-state index in [2.05, 4.69) is 0 Å². The highest BCUT2D eigenvalue weighted by Crippen LogP contribution is 2.37. The van der Waals surface area contributed by atoms with Crippen molar-refractivity contribution in [1.29, 1.82) is 0 Å². The molecule has 0 saturated heterocycles. The lowest BCUT2D eigenvalue weighted by Gasteiger charge is -2.41. The first kappa shape index (κ1) is 15.4. The summed E-state index contributed by atoms with van der Waals surface area (Å²) in [5.41, 5.74) is 3.56. The van der Waals surface area contributed by atoms with Gasteiger partial charge in [-0.25, -0.2) is 4.99 Å². The Morgan fingerprint density at radius 1 is 0.800 bits per heavy atom. The topological polar surface area (TPSA) is 39.1 Å². The first-order valence-electron chi connectivity index (χ1n) is 8.24. The van der Waals surface area contributed by atoms with Crippen molar-refractivity contribution in [2.75, 3.05) is 16.8 Å². The largest absolute Gasteiger partial charge is 0.369 e. The maximum Gasteiger partial charge on any atom is 0.213 e. The van der Waals surface area contributed by atoms with Gasteiger partial charge in [-0.05, 0) is 30.3 Å². The fourth-order valence-electron chi connectivity index (χ4n) is 3.12. The van der Waals surface area contributed by atoms with Crippen LogP contribution in [0.15, 0.2) is 89.9 Å². The maximum atomic E-state index is 11.1. The summed E-state index contributed by atoms with van der Waals surface area (Å²) in [7, 11) is 1.97. The predicted octanol–water partition coefficient (Wildman–Crippen LogP) is 4.32. The monoisotopic (exact) mass is 329 g/mol. The first-order valence-corrected chi connectivity index (χ1v) is 8.24. The second-order valence-corrected chi connectivity index (χ2v) is 5.94. The number of hydrogen-bond acceptors (Lipinski definition) is 2. The summed E-state index contributed by atoms with van der Waals surface area (Å²) in [6, 6.07) is 27.5. The number of para-hydroxylation sites is 3. The van der Waals surface area contributed by atoms with Gasteiger partial charge in [0, 0.05) is 18.3 Å². The van der Waals surface area contributed by atoms with Crippen LogP contribution < -0.4 is 9.80 Å². The molecule has 0 radical (unpaired) electrons. The van der Waals surface area contributed by atoms with E-state index in [1.807, 2.05) is 102 Å². The summed E-state index contributed by atoms with van der Waals surface area (Å²) < 4.78 is 0. The van der Waals surface area contributed by atoms with Gasteiger partial charge in [0.05, 0.1) is 11.4 Å². The van der Waals surface area contributed by atoms with Crippen molar-refractivity contribution in [3.63, 3.8) is 0 Å². The van der Waals surface area contributed by atoms with Gasteiger partial charge in [0.15, 0.2) is 6.23 Å². The number of anilines is 2. The number of fused-ring (bicyclic) bond motifs is 1. The molecule has 3 aromatic rings. The highest BCUT2D eigenvalue weighted by molar-refractivity contribution is 6.10. The minimum Gasteiger partial charge on any atom is -0.369 e. The van der Waals surface area contributed by atoms with Gasteiger partial charge < -0.3 is 10.0 Å². The summed E-state index contributed by atoms with van der Waals surface area (Å²) in [6.07, 6.45) is -0.794. The van der Waals surface area contributed by atoms with E-state index in [4.69, 9.17) is 4.99 Å².